The highest BCUT2D eigenvalue weighted by molar-refractivity contribution is 6.18. The molecule has 9 heteroatoms. The molecule has 0 aromatic carbocycles. The fourth-order valence-corrected chi connectivity index (χ4v) is 6.24. The van der Waals surface area contributed by atoms with Crippen LogP contribution in [0.4, 0.5) is 4.39 Å². The molecule has 0 aromatic rings. The number of ether oxygens (including phenoxy) is 1. The van der Waals surface area contributed by atoms with Crippen molar-refractivity contribution in [1.82, 2.24) is 9.80 Å². The van der Waals surface area contributed by atoms with Gasteiger partial charge in [0.25, 0.3) is 0 Å². The van der Waals surface area contributed by atoms with Crippen LogP contribution in [0.5, 0.6) is 0 Å². The van der Waals surface area contributed by atoms with E-state index in [1.54, 1.807) is 0 Å². The lowest BCUT2D eigenvalue weighted by molar-refractivity contribution is -0.217. The lowest BCUT2D eigenvalue weighted by Crippen LogP contribution is -2.73. The number of fused-ring (bicyclic) bond motifs is 2. The Labute approximate surface area is 168 Å². The van der Waals surface area contributed by atoms with Crippen molar-refractivity contribution in [2.75, 3.05) is 13.1 Å². The first-order valence-electron chi connectivity index (χ1n) is 10.6. The molecule has 2 aliphatic carbocycles. The first-order chi connectivity index (χ1) is 13.8. The van der Waals surface area contributed by atoms with Gasteiger partial charge in [-0.3, -0.25) is 9.69 Å². The van der Waals surface area contributed by atoms with E-state index < -0.39 is 42.1 Å². The van der Waals surface area contributed by atoms with E-state index in [1.807, 2.05) is 9.80 Å². The van der Waals surface area contributed by atoms with E-state index in [1.165, 1.54) is 6.20 Å². The summed E-state index contributed by atoms with van der Waals surface area (Å²) < 4.78 is 21.9. The van der Waals surface area contributed by atoms with Crippen LogP contribution in [-0.2, 0) is 14.3 Å². The van der Waals surface area contributed by atoms with E-state index in [9.17, 15) is 19.8 Å². The highest BCUT2D eigenvalue weighted by atomic mass is 19.1. The van der Waals surface area contributed by atoms with Crippen molar-refractivity contribution >= 4 is 11.8 Å². The molecule has 5 aliphatic rings. The molecular weight excluding hydrogens is 381 g/mol. The number of hydrogen-bond donors (Lipinski definition) is 3. The largest absolute Gasteiger partial charge is 0.478 e. The second kappa shape index (κ2) is 7.01. The maximum atomic E-state index is 15.4. The number of carbonyl (C=O) groups is 2. The zero-order valence-corrected chi connectivity index (χ0v) is 16.2. The molecule has 5 rings (SSSR count). The Hall–Kier alpha value is -1.55. The quantitative estimate of drug-likeness (QED) is 0.530. The number of aliphatic hydroxyl groups is 1. The Kier molecular flexibility index (Phi) is 4.69. The van der Waals surface area contributed by atoms with Crippen LogP contribution in [-0.4, -0.2) is 93.5 Å². The lowest BCUT2D eigenvalue weighted by atomic mass is 9.69. The first-order valence-corrected chi connectivity index (χ1v) is 10.6. The maximum absolute atomic E-state index is 15.4. The minimum Gasteiger partial charge on any atom is -0.478 e. The molecule has 8 nitrogen and oxygen atoms in total. The zero-order chi connectivity index (χ0) is 20.4. The van der Waals surface area contributed by atoms with E-state index in [-0.39, 0.29) is 36.2 Å². The number of carbonyl (C=O) groups excluding carboxylic acids is 1. The van der Waals surface area contributed by atoms with E-state index in [0.717, 1.165) is 6.42 Å². The van der Waals surface area contributed by atoms with Crippen molar-refractivity contribution < 1.29 is 28.9 Å². The number of alkyl halides is 1. The minimum absolute atomic E-state index is 0.000889. The van der Waals surface area contributed by atoms with E-state index >= 15 is 4.39 Å². The third-order valence-electron chi connectivity index (χ3n) is 7.51. The molecule has 2 saturated heterocycles. The van der Waals surface area contributed by atoms with Gasteiger partial charge in [0.05, 0.1) is 36.4 Å². The molecule has 0 aromatic heterocycles. The Bertz CT molecular complexity index is 748. The van der Waals surface area contributed by atoms with Crippen LogP contribution in [0.1, 0.15) is 32.1 Å². The van der Waals surface area contributed by atoms with Crippen LogP contribution in [0.15, 0.2) is 11.8 Å². The number of aliphatic carboxylic acids is 1. The van der Waals surface area contributed by atoms with Crippen LogP contribution in [0.3, 0.4) is 0 Å². The number of rotatable bonds is 2. The average Bonchev–Trinajstić information content (AvgIpc) is 3.08. The molecule has 3 aliphatic heterocycles. The summed E-state index contributed by atoms with van der Waals surface area (Å²) in [6.45, 7) is 1.27. The number of carboxylic acid groups (broad SMARTS) is 1. The Balaban J connectivity index is 1.55. The predicted octanol–water partition coefficient (Wildman–Crippen LogP) is -0.351. The standard InChI is InChI=1S/C20H28FN3O5/c21-13-6-11-16-19(17(13)23-4-3-9(22)7-23)29-15-5-10(25)1-2-14(15)24(16)8-12(18(11)26)20(27)28/h8-11,13-17,19,25H,1-7,22H2,(H,27,28). The van der Waals surface area contributed by atoms with Gasteiger partial charge in [-0.15, -0.1) is 0 Å². The Morgan fingerprint density at radius 3 is 2.72 bits per heavy atom. The zero-order valence-electron chi connectivity index (χ0n) is 16.2. The molecule has 2 saturated carbocycles. The molecule has 0 bridgehead atoms. The number of Topliss-reactive ketones (excluding diaryl/α,β-unsaturated/α-hetero) is 1. The average molecular weight is 409 g/mol. The summed E-state index contributed by atoms with van der Waals surface area (Å²) >= 11 is 0. The van der Waals surface area contributed by atoms with Gasteiger partial charge in [0.1, 0.15) is 11.7 Å². The normalized spacial score (nSPS) is 47.4. The second-order valence-electron chi connectivity index (χ2n) is 9.22. The smallest absolute Gasteiger partial charge is 0.340 e. The highest BCUT2D eigenvalue weighted by Crippen LogP contribution is 2.47. The third kappa shape index (κ3) is 3.01. The summed E-state index contributed by atoms with van der Waals surface area (Å²) in [6, 6.07) is -1.01. The van der Waals surface area contributed by atoms with Gasteiger partial charge >= 0.3 is 5.97 Å². The topological polar surface area (TPSA) is 116 Å². The highest BCUT2D eigenvalue weighted by Gasteiger charge is 2.60. The van der Waals surface area contributed by atoms with Crippen LogP contribution in [0.25, 0.3) is 0 Å². The van der Waals surface area contributed by atoms with E-state index in [0.29, 0.717) is 32.4 Å². The number of ketones is 1. The molecule has 9 unspecified atom stereocenters. The number of hydrogen-bond acceptors (Lipinski definition) is 7. The fourth-order valence-electron chi connectivity index (χ4n) is 6.24. The molecule has 4 fully saturated rings. The van der Waals surface area contributed by atoms with Crippen LogP contribution >= 0.6 is 0 Å². The second-order valence-corrected chi connectivity index (χ2v) is 9.22. The number of aliphatic hydroxyl groups excluding tert-OH is 1. The molecule has 160 valence electrons. The van der Waals surface area contributed by atoms with Gasteiger partial charge in [-0.05, 0) is 25.7 Å². The summed E-state index contributed by atoms with van der Waals surface area (Å²) in [4.78, 5) is 28.6. The van der Waals surface area contributed by atoms with Crippen LogP contribution in [0, 0.1) is 5.92 Å². The molecule has 0 amide bonds. The first kappa shape index (κ1) is 19.4. The van der Waals surface area contributed by atoms with Gasteiger partial charge in [0.15, 0.2) is 5.78 Å². The van der Waals surface area contributed by atoms with Gasteiger partial charge in [0.2, 0.25) is 0 Å². The summed E-state index contributed by atoms with van der Waals surface area (Å²) in [5.41, 5.74) is 5.79. The monoisotopic (exact) mass is 409 g/mol. The van der Waals surface area contributed by atoms with Gasteiger partial charge in [-0.1, -0.05) is 0 Å². The van der Waals surface area contributed by atoms with Crippen molar-refractivity contribution in [3.8, 4) is 0 Å². The van der Waals surface area contributed by atoms with Crippen molar-refractivity contribution in [2.45, 2.75) is 80.8 Å². The number of morpholine rings is 1. The molecule has 9 atom stereocenters. The van der Waals surface area contributed by atoms with E-state index in [4.69, 9.17) is 10.5 Å². The molecule has 0 spiro atoms. The Morgan fingerprint density at radius 2 is 2.03 bits per heavy atom. The van der Waals surface area contributed by atoms with Gasteiger partial charge in [0, 0.05) is 37.7 Å². The molecule has 4 N–H and O–H groups in total. The predicted molar refractivity (Wildman–Crippen MR) is 99.6 cm³/mol. The van der Waals surface area contributed by atoms with Crippen molar-refractivity contribution in [2.24, 2.45) is 11.7 Å². The number of nitrogens with zero attached hydrogens (tertiary/aromatic N) is 2. The van der Waals surface area contributed by atoms with Crippen molar-refractivity contribution in [3.05, 3.63) is 11.8 Å². The van der Waals surface area contributed by atoms with Crippen LogP contribution < -0.4 is 5.73 Å². The molecule has 3 heterocycles. The lowest BCUT2D eigenvalue weighted by Gasteiger charge is -2.60. The van der Waals surface area contributed by atoms with Crippen molar-refractivity contribution in [3.63, 3.8) is 0 Å². The molecule has 0 radical (unpaired) electrons. The summed E-state index contributed by atoms with van der Waals surface area (Å²) in [7, 11) is 0. The SMILES string of the molecule is NC1CCN(C2C(F)CC3C(=O)C(C(=O)O)=CN4C5CCC(O)CC5OC2C34)C1. The summed E-state index contributed by atoms with van der Waals surface area (Å²) in [5.74, 6) is -2.50. The van der Waals surface area contributed by atoms with Gasteiger partial charge < -0.3 is 25.6 Å². The van der Waals surface area contributed by atoms with Crippen molar-refractivity contribution in [1.29, 1.82) is 0 Å². The fraction of sp³-hybridized carbons (Fsp3) is 0.800. The van der Waals surface area contributed by atoms with Gasteiger partial charge in [-0.2, -0.15) is 0 Å². The number of likely N-dealkylation sites (tertiary alicyclic amines) is 1. The summed E-state index contributed by atoms with van der Waals surface area (Å²) in [5, 5.41) is 19.7. The molecular formula is C20H28FN3O5. The third-order valence-corrected chi connectivity index (χ3v) is 7.51. The summed E-state index contributed by atoms with van der Waals surface area (Å²) in [6.07, 6.45) is 1.28. The number of nitrogens with two attached hydrogens (primary N) is 1. The Morgan fingerprint density at radius 1 is 1.24 bits per heavy atom. The van der Waals surface area contributed by atoms with Crippen LogP contribution in [0.2, 0.25) is 0 Å². The number of carboxylic acids is 1. The van der Waals surface area contributed by atoms with E-state index in [2.05, 4.69) is 0 Å². The maximum Gasteiger partial charge on any atom is 0.340 e. The minimum atomic E-state index is -1.30. The van der Waals surface area contributed by atoms with Gasteiger partial charge in [-0.25, -0.2) is 9.18 Å². The molecule has 29 heavy (non-hydrogen) atoms. The number of halogens is 1.